The second kappa shape index (κ2) is 9.56. The summed E-state index contributed by atoms with van der Waals surface area (Å²) in [6.45, 7) is 0.518. The Morgan fingerprint density at radius 1 is 1.00 bits per heavy atom. The van der Waals surface area contributed by atoms with E-state index in [2.05, 4.69) is 5.32 Å². The molecule has 2 aromatic carbocycles. The third-order valence-corrected chi connectivity index (χ3v) is 3.91. The van der Waals surface area contributed by atoms with Gasteiger partial charge in [-0.1, -0.05) is 6.07 Å². The van der Waals surface area contributed by atoms with E-state index in [4.69, 9.17) is 14.2 Å². The van der Waals surface area contributed by atoms with E-state index in [1.54, 1.807) is 14.2 Å². The summed E-state index contributed by atoms with van der Waals surface area (Å²) < 4.78 is 16.0. The largest absolute Gasteiger partial charge is 0.493 e. The molecule has 0 fully saturated rings. The Morgan fingerprint density at radius 3 is 2.31 bits per heavy atom. The molecule has 1 amide bonds. The van der Waals surface area contributed by atoms with E-state index in [-0.39, 0.29) is 12.5 Å². The summed E-state index contributed by atoms with van der Waals surface area (Å²) in [6, 6.07) is 13.3. The molecule has 0 saturated heterocycles. The fourth-order valence-corrected chi connectivity index (χ4v) is 2.42. The Hall–Kier alpha value is -2.89. The third-order valence-electron chi connectivity index (χ3n) is 3.91. The quantitative estimate of drug-likeness (QED) is 0.746. The number of methoxy groups -OCH3 is 2. The van der Waals surface area contributed by atoms with Crippen molar-refractivity contribution in [3.8, 4) is 17.2 Å². The molecule has 0 aliphatic heterocycles. The van der Waals surface area contributed by atoms with Crippen LogP contribution in [-0.2, 0) is 11.2 Å². The molecule has 0 unspecified atom stereocenters. The normalized spacial score (nSPS) is 10.2. The lowest BCUT2D eigenvalue weighted by molar-refractivity contribution is -0.123. The predicted octanol–water partition coefficient (Wildman–Crippen LogP) is 2.51. The molecule has 0 aromatic heterocycles. The van der Waals surface area contributed by atoms with Gasteiger partial charge >= 0.3 is 0 Å². The highest BCUT2D eigenvalue weighted by atomic mass is 16.5. The molecule has 6 heteroatoms. The summed E-state index contributed by atoms with van der Waals surface area (Å²) in [5.74, 6) is 1.89. The van der Waals surface area contributed by atoms with Gasteiger partial charge in [0, 0.05) is 26.3 Å². The van der Waals surface area contributed by atoms with Gasteiger partial charge in [-0.15, -0.1) is 0 Å². The van der Waals surface area contributed by atoms with Gasteiger partial charge in [0.1, 0.15) is 5.75 Å². The maximum atomic E-state index is 11.9. The minimum Gasteiger partial charge on any atom is -0.493 e. The van der Waals surface area contributed by atoms with Gasteiger partial charge in [-0.2, -0.15) is 0 Å². The molecule has 0 radical (unpaired) electrons. The van der Waals surface area contributed by atoms with E-state index in [0.29, 0.717) is 30.2 Å². The van der Waals surface area contributed by atoms with E-state index in [1.807, 2.05) is 61.5 Å². The van der Waals surface area contributed by atoms with Gasteiger partial charge in [-0.3, -0.25) is 4.79 Å². The fourth-order valence-electron chi connectivity index (χ4n) is 2.42. The van der Waals surface area contributed by atoms with Gasteiger partial charge in [0.2, 0.25) is 0 Å². The second-order valence-corrected chi connectivity index (χ2v) is 5.97. The molecule has 0 aliphatic rings. The monoisotopic (exact) mass is 358 g/mol. The van der Waals surface area contributed by atoms with Crippen LogP contribution in [0.5, 0.6) is 17.2 Å². The van der Waals surface area contributed by atoms with Crippen molar-refractivity contribution in [3.63, 3.8) is 0 Å². The predicted molar refractivity (Wildman–Crippen MR) is 103 cm³/mol. The Balaban J connectivity index is 1.75. The number of anilines is 1. The van der Waals surface area contributed by atoms with E-state index in [9.17, 15) is 4.79 Å². The van der Waals surface area contributed by atoms with Crippen molar-refractivity contribution in [1.82, 2.24) is 5.32 Å². The molecule has 26 heavy (non-hydrogen) atoms. The number of rotatable bonds is 9. The Morgan fingerprint density at radius 2 is 1.69 bits per heavy atom. The van der Waals surface area contributed by atoms with Crippen molar-refractivity contribution in [2.75, 3.05) is 46.4 Å². The van der Waals surface area contributed by atoms with Gasteiger partial charge < -0.3 is 24.4 Å². The van der Waals surface area contributed by atoms with Crippen LogP contribution in [0.25, 0.3) is 0 Å². The summed E-state index contributed by atoms with van der Waals surface area (Å²) in [5.41, 5.74) is 2.14. The van der Waals surface area contributed by atoms with Crippen molar-refractivity contribution >= 4 is 11.6 Å². The molecule has 0 bridgehead atoms. The zero-order chi connectivity index (χ0) is 18.9. The number of benzene rings is 2. The van der Waals surface area contributed by atoms with Crippen LogP contribution in [-0.4, -0.2) is 47.4 Å². The Kier molecular flexibility index (Phi) is 7.14. The van der Waals surface area contributed by atoms with Gasteiger partial charge in [-0.25, -0.2) is 0 Å². The summed E-state index contributed by atoms with van der Waals surface area (Å²) in [6.07, 6.45) is 0.698. The third kappa shape index (κ3) is 5.58. The van der Waals surface area contributed by atoms with Crippen molar-refractivity contribution in [3.05, 3.63) is 48.0 Å². The molecule has 0 atom stereocenters. The van der Waals surface area contributed by atoms with Crippen LogP contribution in [0.2, 0.25) is 0 Å². The van der Waals surface area contributed by atoms with Crippen molar-refractivity contribution in [1.29, 1.82) is 0 Å². The molecule has 0 aliphatic carbocycles. The lowest BCUT2D eigenvalue weighted by Gasteiger charge is -2.13. The molecule has 0 spiro atoms. The molecule has 2 rings (SSSR count). The average Bonchev–Trinajstić information content (AvgIpc) is 2.66. The van der Waals surface area contributed by atoms with Crippen LogP contribution in [0.1, 0.15) is 5.56 Å². The lowest BCUT2D eigenvalue weighted by atomic mass is 10.1. The first kappa shape index (κ1) is 19.4. The average molecular weight is 358 g/mol. The van der Waals surface area contributed by atoms with Crippen LogP contribution in [0.3, 0.4) is 0 Å². The molecule has 1 N–H and O–H groups in total. The summed E-state index contributed by atoms with van der Waals surface area (Å²) >= 11 is 0. The number of carbonyl (C=O) groups excluding carboxylic acids is 1. The topological polar surface area (TPSA) is 60.0 Å². The maximum Gasteiger partial charge on any atom is 0.257 e. The first-order valence-corrected chi connectivity index (χ1v) is 8.41. The van der Waals surface area contributed by atoms with Crippen molar-refractivity contribution < 1.29 is 19.0 Å². The number of hydrogen-bond donors (Lipinski definition) is 1. The summed E-state index contributed by atoms with van der Waals surface area (Å²) in [5, 5.41) is 2.85. The van der Waals surface area contributed by atoms with E-state index < -0.39 is 0 Å². The van der Waals surface area contributed by atoms with E-state index in [0.717, 1.165) is 11.3 Å². The number of amides is 1. The molecule has 140 valence electrons. The smallest absolute Gasteiger partial charge is 0.257 e. The SMILES string of the molecule is COc1ccc(CCNC(=O)COc2ccc(N(C)C)cc2)cc1OC. The van der Waals surface area contributed by atoms with E-state index >= 15 is 0 Å². The summed E-state index contributed by atoms with van der Waals surface area (Å²) in [7, 11) is 7.15. The van der Waals surface area contributed by atoms with Crippen LogP contribution in [0, 0.1) is 0 Å². The zero-order valence-corrected chi connectivity index (χ0v) is 15.7. The molecule has 0 saturated carbocycles. The highest BCUT2D eigenvalue weighted by molar-refractivity contribution is 5.77. The van der Waals surface area contributed by atoms with E-state index in [1.165, 1.54) is 0 Å². The number of nitrogens with one attached hydrogen (secondary N) is 1. The van der Waals surface area contributed by atoms with Gasteiger partial charge in [0.15, 0.2) is 18.1 Å². The van der Waals surface area contributed by atoms with Crippen LogP contribution in [0.4, 0.5) is 5.69 Å². The maximum absolute atomic E-state index is 11.9. The number of nitrogens with zero attached hydrogens (tertiary/aromatic N) is 1. The fraction of sp³-hybridized carbons (Fsp3) is 0.350. The molecule has 6 nitrogen and oxygen atoms in total. The molecule has 2 aromatic rings. The number of ether oxygens (including phenoxy) is 3. The Bertz CT molecular complexity index is 714. The first-order valence-electron chi connectivity index (χ1n) is 8.41. The Labute approximate surface area is 154 Å². The van der Waals surface area contributed by atoms with Gasteiger partial charge in [0.25, 0.3) is 5.91 Å². The molecular formula is C20H26N2O4. The highest BCUT2D eigenvalue weighted by Gasteiger charge is 2.06. The molecule has 0 heterocycles. The minimum absolute atomic E-state index is 0.00670. The van der Waals surface area contributed by atoms with Crippen LogP contribution < -0.4 is 24.4 Å². The summed E-state index contributed by atoms with van der Waals surface area (Å²) in [4.78, 5) is 13.9. The van der Waals surface area contributed by atoms with Crippen molar-refractivity contribution in [2.24, 2.45) is 0 Å². The zero-order valence-electron chi connectivity index (χ0n) is 15.7. The first-order chi connectivity index (χ1) is 12.5. The molecular weight excluding hydrogens is 332 g/mol. The van der Waals surface area contributed by atoms with Gasteiger partial charge in [0.05, 0.1) is 14.2 Å². The standard InChI is InChI=1S/C20H26N2O4/c1-22(2)16-6-8-17(9-7-16)26-14-20(23)21-12-11-15-5-10-18(24-3)19(13-15)25-4/h5-10,13H,11-12,14H2,1-4H3,(H,21,23). The number of hydrogen-bond acceptors (Lipinski definition) is 5. The number of carbonyl (C=O) groups is 1. The van der Waals surface area contributed by atoms with Crippen molar-refractivity contribution in [2.45, 2.75) is 6.42 Å². The second-order valence-electron chi connectivity index (χ2n) is 5.97. The lowest BCUT2D eigenvalue weighted by Crippen LogP contribution is -2.30. The van der Waals surface area contributed by atoms with Crippen LogP contribution >= 0.6 is 0 Å². The highest BCUT2D eigenvalue weighted by Crippen LogP contribution is 2.27. The minimum atomic E-state index is -0.151. The van der Waals surface area contributed by atoms with Gasteiger partial charge in [-0.05, 0) is 48.4 Å². The van der Waals surface area contributed by atoms with Crippen LogP contribution in [0.15, 0.2) is 42.5 Å².